The molecule has 116 valence electrons. The Bertz CT molecular complexity index is 653. The number of carbonyl (C=O) groups excluding carboxylic acids is 1. The standard InChI is InChI=1S/C17H21N3OS/c1-20-11-13(10-19-20)6-4-5-9-18-17(21)15-12-22-16-8-3-2-7-14(15)16/h2-3,7-8,10-11,15H,4-6,9,12H2,1H3,(H,18,21)/t15-/m0/s1. The Morgan fingerprint density at radius 3 is 3.09 bits per heavy atom. The Labute approximate surface area is 135 Å². The number of thioether (sulfide) groups is 1. The van der Waals surface area contributed by atoms with Crippen LogP contribution in [0.4, 0.5) is 0 Å². The summed E-state index contributed by atoms with van der Waals surface area (Å²) in [6.07, 6.45) is 7.05. The molecular weight excluding hydrogens is 294 g/mol. The third kappa shape index (κ3) is 3.53. The number of aryl methyl sites for hydroxylation is 2. The quantitative estimate of drug-likeness (QED) is 0.834. The molecule has 2 aromatic rings. The van der Waals surface area contributed by atoms with Gasteiger partial charge in [0.2, 0.25) is 5.91 Å². The normalized spacial score (nSPS) is 16.5. The smallest absolute Gasteiger partial charge is 0.228 e. The molecule has 22 heavy (non-hydrogen) atoms. The Hall–Kier alpha value is -1.75. The zero-order valence-corrected chi connectivity index (χ0v) is 13.6. The van der Waals surface area contributed by atoms with Crippen molar-refractivity contribution in [2.45, 2.75) is 30.1 Å². The predicted octanol–water partition coefficient (Wildman–Crippen LogP) is 2.75. The number of unbranched alkanes of at least 4 members (excludes halogenated alkanes) is 1. The van der Waals surface area contributed by atoms with Crippen LogP contribution in [-0.2, 0) is 18.3 Å². The molecule has 1 aromatic heterocycles. The van der Waals surface area contributed by atoms with Gasteiger partial charge in [-0.25, -0.2) is 0 Å². The van der Waals surface area contributed by atoms with E-state index in [-0.39, 0.29) is 11.8 Å². The van der Waals surface area contributed by atoms with E-state index in [4.69, 9.17) is 0 Å². The lowest BCUT2D eigenvalue weighted by Crippen LogP contribution is -2.30. The molecule has 0 unspecified atom stereocenters. The van der Waals surface area contributed by atoms with E-state index < -0.39 is 0 Å². The monoisotopic (exact) mass is 315 g/mol. The number of nitrogens with one attached hydrogen (secondary N) is 1. The van der Waals surface area contributed by atoms with Gasteiger partial charge in [-0.05, 0) is 36.5 Å². The number of hydrogen-bond donors (Lipinski definition) is 1. The maximum atomic E-state index is 12.3. The molecule has 0 aliphatic carbocycles. The van der Waals surface area contributed by atoms with Crippen molar-refractivity contribution < 1.29 is 4.79 Å². The average molecular weight is 315 g/mol. The van der Waals surface area contributed by atoms with Gasteiger partial charge in [-0.15, -0.1) is 11.8 Å². The highest BCUT2D eigenvalue weighted by molar-refractivity contribution is 7.99. The van der Waals surface area contributed by atoms with Gasteiger partial charge in [0.25, 0.3) is 0 Å². The predicted molar refractivity (Wildman–Crippen MR) is 89.1 cm³/mol. The fourth-order valence-corrected chi connectivity index (χ4v) is 4.00. The van der Waals surface area contributed by atoms with Crippen molar-refractivity contribution >= 4 is 17.7 Å². The molecule has 0 saturated carbocycles. The molecule has 1 atom stereocenters. The third-order valence-corrected chi connectivity index (χ3v) is 5.15. The summed E-state index contributed by atoms with van der Waals surface area (Å²) in [5.74, 6) is 1.04. The SMILES string of the molecule is Cn1cc(CCCCNC(=O)[C@H]2CSc3ccccc32)cn1. The minimum absolute atomic E-state index is 0.0134. The minimum Gasteiger partial charge on any atom is -0.356 e. The van der Waals surface area contributed by atoms with E-state index in [0.29, 0.717) is 0 Å². The van der Waals surface area contributed by atoms with Crippen molar-refractivity contribution in [3.05, 3.63) is 47.8 Å². The van der Waals surface area contributed by atoms with E-state index >= 15 is 0 Å². The maximum absolute atomic E-state index is 12.3. The van der Waals surface area contributed by atoms with Gasteiger partial charge in [0.05, 0.1) is 12.1 Å². The van der Waals surface area contributed by atoms with Gasteiger partial charge < -0.3 is 5.32 Å². The van der Waals surface area contributed by atoms with Crippen molar-refractivity contribution in [1.29, 1.82) is 0 Å². The van der Waals surface area contributed by atoms with Crippen LogP contribution in [0, 0.1) is 0 Å². The van der Waals surface area contributed by atoms with Crippen molar-refractivity contribution in [1.82, 2.24) is 15.1 Å². The van der Waals surface area contributed by atoms with Crippen LogP contribution in [0.2, 0.25) is 0 Å². The first-order valence-electron chi connectivity index (χ1n) is 7.71. The Morgan fingerprint density at radius 1 is 1.41 bits per heavy atom. The molecule has 1 aromatic carbocycles. The number of aromatic nitrogens is 2. The summed E-state index contributed by atoms with van der Waals surface area (Å²) in [5.41, 5.74) is 2.44. The summed E-state index contributed by atoms with van der Waals surface area (Å²) in [6.45, 7) is 0.752. The van der Waals surface area contributed by atoms with E-state index in [1.807, 2.05) is 36.3 Å². The topological polar surface area (TPSA) is 46.9 Å². The average Bonchev–Trinajstić information content (AvgIpc) is 3.13. The molecule has 1 aliphatic rings. The first-order chi connectivity index (χ1) is 10.7. The van der Waals surface area contributed by atoms with Gasteiger partial charge in [-0.3, -0.25) is 9.48 Å². The third-order valence-electron chi connectivity index (χ3n) is 3.97. The van der Waals surface area contributed by atoms with E-state index in [1.165, 1.54) is 16.0 Å². The number of rotatable bonds is 6. The molecule has 0 fully saturated rings. The lowest BCUT2D eigenvalue weighted by Gasteiger charge is -2.11. The lowest BCUT2D eigenvalue weighted by molar-refractivity contribution is -0.122. The van der Waals surface area contributed by atoms with Crippen LogP contribution < -0.4 is 5.32 Å². The van der Waals surface area contributed by atoms with Gasteiger partial charge in [0, 0.05) is 30.4 Å². The molecule has 3 rings (SSSR count). The molecular formula is C17H21N3OS. The molecule has 0 radical (unpaired) electrons. The number of hydrogen-bond acceptors (Lipinski definition) is 3. The van der Waals surface area contributed by atoms with Gasteiger partial charge in [-0.1, -0.05) is 18.2 Å². The van der Waals surface area contributed by atoms with Crippen LogP contribution in [0.25, 0.3) is 0 Å². The summed E-state index contributed by atoms with van der Waals surface area (Å²) < 4.78 is 1.83. The first-order valence-corrected chi connectivity index (χ1v) is 8.69. The zero-order valence-electron chi connectivity index (χ0n) is 12.8. The summed E-state index contributed by atoms with van der Waals surface area (Å²) in [7, 11) is 1.93. The molecule has 1 amide bonds. The fraction of sp³-hybridized carbons (Fsp3) is 0.412. The largest absolute Gasteiger partial charge is 0.356 e. The highest BCUT2D eigenvalue weighted by Crippen LogP contribution is 2.39. The second kappa shape index (κ2) is 7.01. The molecule has 0 saturated heterocycles. The molecule has 2 heterocycles. The lowest BCUT2D eigenvalue weighted by atomic mass is 10.0. The number of nitrogens with zero attached hydrogens (tertiary/aromatic N) is 2. The van der Waals surface area contributed by atoms with Crippen molar-refractivity contribution in [3.8, 4) is 0 Å². The van der Waals surface area contributed by atoms with E-state index in [1.54, 1.807) is 11.8 Å². The second-order valence-electron chi connectivity index (χ2n) is 5.67. The zero-order chi connectivity index (χ0) is 15.4. The van der Waals surface area contributed by atoms with Crippen molar-refractivity contribution in [2.24, 2.45) is 7.05 Å². The Kier molecular flexibility index (Phi) is 4.83. The molecule has 1 N–H and O–H groups in total. The number of carbonyl (C=O) groups is 1. The molecule has 0 spiro atoms. The van der Waals surface area contributed by atoms with Crippen LogP contribution in [0.5, 0.6) is 0 Å². The van der Waals surface area contributed by atoms with Crippen LogP contribution in [0.15, 0.2) is 41.6 Å². The summed E-state index contributed by atoms with van der Waals surface area (Å²) >= 11 is 1.78. The Balaban J connectivity index is 1.40. The fourth-order valence-electron chi connectivity index (χ4n) is 2.77. The number of amides is 1. The summed E-state index contributed by atoms with van der Waals surface area (Å²) in [6, 6.07) is 8.21. The van der Waals surface area contributed by atoms with Crippen LogP contribution in [-0.4, -0.2) is 28.0 Å². The van der Waals surface area contributed by atoms with Crippen LogP contribution in [0.3, 0.4) is 0 Å². The Morgan fingerprint density at radius 2 is 2.27 bits per heavy atom. The van der Waals surface area contributed by atoms with Crippen LogP contribution >= 0.6 is 11.8 Å². The van der Waals surface area contributed by atoms with Crippen molar-refractivity contribution in [3.63, 3.8) is 0 Å². The molecule has 4 nitrogen and oxygen atoms in total. The molecule has 5 heteroatoms. The van der Waals surface area contributed by atoms with Crippen LogP contribution in [0.1, 0.15) is 29.9 Å². The number of fused-ring (bicyclic) bond motifs is 1. The van der Waals surface area contributed by atoms with Gasteiger partial charge >= 0.3 is 0 Å². The summed E-state index contributed by atoms with van der Waals surface area (Å²) in [4.78, 5) is 13.6. The first kappa shape index (κ1) is 15.2. The van der Waals surface area contributed by atoms with Gasteiger partial charge in [0.15, 0.2) is 0 Å². The summed E-state index contributed by atoms with van der Waals surface area (Å²) in [5, 5.41) is 7.25. The highest BCUT2D eigenvalue weighted by atomic mass is 32.2. The number of benzene rings is 1. The maximum Gasteiger partial charge on any atom is 0.228 e. The van der Waals surface area contributed by atoms with E-state index in [0.717, 1.165) is 31.6 Å². The van der Waals surface area contributed by atoms with Gasteiger partial charge in [-0.2, -0.15) is 5.10 Å². The highest BCUT2D eigenvalue weighted by Gasteiger charge is 2.28. The molecule has 1 aliphatic heterocycles. The second-order valence-corrected chi connectivity index (χ2v) is 6.73. The van der Waals surface area contributed by atoms with Gasteiger partial charge in [0.1, 0.15) is 0 Å². The van der Waals surface area contributed by atoms with E-state index in [9.17, 15) is 4.79 Å². The van der Waals surface area contributed by atoms with E-state index in [2.05, 4.69) is 22.5 Å². The molecule has 0 bridgehead atoms. The minimum atomic E-state index is 0.0134. The van der Waals surface area contributed by atoms with Crippen molar-refractivity contribution in [2.75, 3.05) is 12.3 Å².